The Hall–Kier alpha value is -1.18. The van der Waals surface area contributed by atoms with Crippen LogP contribution in [0, 0.1) is 16.0 Å². The number of thiophene rings is 1. The van der Waals surface area contributed by atoms with Gasteiger partial charge in [-0.2, -0.15) is 0 Å². The lowest BCUT2D eigenvalue weighted by Gasteiger charge is -2.31. The maximum Gasteiger partial charge on any atom is 0.324 e. The molecule has 1 aromatic heterocycles. The van der Waals surface area contributed by atoms with E-state index >= 15 is 0 Å². The Kier molecular flexibility index (Phi) is 7.12. The number of rotatable bonds is 6. The molecule has 3 N–H and O–H groups in total. The minimum Gasteiger partial charge on any atom is -0.346 e. The van der Waals surface area contributed by atoms with Crippen LogP contribution in [0.2, 0.25) is 0 Å². The van der Waals surface area contributed by atoms with Crippen molar-refractivity contribution >= 4 is 34.7 Å². The lowest BCUT2D eigenvalue weighted by atomic mass is 9.90. The Labute approximate surface area is 128 Å². The molecule has 0 aliphatic carbocycles. The van der Waals surface area contributed by atoms with E-state index in [9.17, 15) is 14.9 Å². The monoisotopic (exact) mass is 321 g/mol. The van der Waals surface area contributed by atoms with Crippen LogP contribution in [0.5, 0.6) is 0 Å². The summed E-state index contributed by atoms with van der Waals surface area (Å²) in [6.45, 7) is 6.31. The zero-order valence-electron chi connectivity index (χ0n) is 11.7. The fourth-order valence-electron chi connectivity index (χ4n) is 1.97. The van der Waals surface area contributed by atoms with Gasteiger partial charge in [-0.15, -0.1) is 12.4 Å². The van der Waals surface area contributed by atoms with Crippen molar-refractivity contribution in [1.82, 2.24) is 5.32 Å². The maximum atomic E-state index is 12.1. The third-order valence-electron chi connectivity index (χ3n) is 2.75. The van der Waals surface area contributed by atoms with Gasteiger partial charge in [-0.05, 0) is 19.3 Å². The Bertz CT molecular complexity index is 478. The van der Waals surface area contributed by atoms with E-state index in [0.29, 0.717) is 18.0 Å². The fourth-order valence-corrected chi connectivity index (χ4v) is 2.68. The molecule has 8 heteroatoms. The van der Waals surface area contributed by atoms with E-state index in [-0.39, 0.29) is 23.3 Å². The quantitative estimate of drug-likeness (QED) is 0.621. The number of hydrogen-bond acceptors (Lipinski definition) is 5. The van der Waals surface area contributed by atoms with Gasteiger partial charge in [0.05, 0.1) is 10.5 Å². The van der Waals surface area contributed by atoms with Crippen LogP contribution in [0.4, 0.5) is 5.00 Å². The average Bonchev–Trinajstić information content (AvgIpc) is 2.77. The number of halogens is 1. The van der Waals surface area contributed by atoms with Gasteiger partial charge >= 0.3 is 5.00 Å². The summed E-state index contributed by atoms with van der Waals surface area (Å²) in [4.78, 5) is 22.1. The standard InChI is InChI=1S/C12H19N3O3S.ClH/c1-8(2)5-12(3,7-13)14-11(16)9-4-10(15(17)18)19-6-9;/h4,6,8H,5,7,13H2,1-3H3,(H,14,16);1H. The second-order valence-electron chi connectivity index (χ2n) is 5.25. The van der Waals surface area contributed by atoms with Crippen LogP contribution in [0.3, 0.4) is 0 Å². The molecule has 0 bridgehead atoms. The highest BCUT2D eigenvalue weighted by Gasteiger charge is 2.27. The number of nitrogens with zero attached hydrogens (tertiary/aromatic N) is 1. The van der Waals surface area contributed by atoms with Crippen molar-refractivity contribution in [2.45, 2.75) is 32.7 Å². The SMILES string of the molecule is CC(C)CC(C)(CN)NC(=O)c1csc([N+](=O)[O-])c1.Cl. The minimum atomic E-state index is -0.502. The lowest BCUT2D eigenvalue weighted by molar-refractivity contribution is -0.380. The van der Waals surface area contributed by atoms with Gasteiger partial charge in [0.1, 0.15) is 0 Å². The summed E-state index contributed by atoms with van der Waals surface area (Å²) in [5.41, 5.74) is 5.52. The number of carbonyl (C=O) groups excluding carboxylic acids is 1. The molecule has 1 rings (SSSR count). The van der Waals surface area contributed by atoms with Crippen LogP contribution in [-0.2, 0) is 0 Å². The van der Waals surface area contributed by atoms with E-state index in [1.807, 2.05) is 6.92 Å². The first-order valence-electron chi connectivity index (χ1n) is 6.03. The van der Waals surface area contributed by atoms with Gasteiger partial charge in [-0.1, -0.05) is 25.2 Å². The zero-order valence-corrected chi connectivity index (χ0v) is 13.3. The van der Waals surface area contributed by atoms with Crippen LogP contribution in [0.1, 0.15) is 37.6 Å². The molecule has 0 aromatic carbocycles. The van der Waals surface area contributed by atoms with Crippen molar-refractivity contribution in [3.63, 3.8) is 0 Å². The van der Waals surface area contributed by atoms with Gasteiger partial charge < -0.3 is 11.1 Å². The second-order valence-corrected chi connectivity index (χ2v) is 6.14. The van der Waals surface area contributed by atoms with Crippen molar-refractivity contribution in [2.24, 2.45) is 11.7 Å². The minimum absolute atomic E-state index is 0. The van der Waals surface area contributed by atoms with Crippen molar-refractivity contribution in [3.8, 4) is 0 Å². The molecule has 1 aromatic rings. The molecule has 6 nitrogen and oxygen atoms in total. The van der Waals surface area contributed by atoms with Crippen molar-refractivity contribution in [2.75, 3.05) is 6.54 Å². The van der Waals surface area contributed by atoms with E-state index in [2.05, 4.69) is 19.2 Å². The topological polar surface area (TPSA) is 98.3 Å². The smallest absolute Gasteiger partial charge is 0.324 e. The van der Waals surface area contributed by atoms with Gasteiger partial charge in [-0.3, -0.25) is 14.9 Å². The summed E-state index contributed by atoms with van der Waals surface area (Å²) in [7, 11) is 0. The van der Waals surface area contributed by atoms with E-state index in [1.165, 1.54) is 11.4 Å². The number of carbonyl (C=O) groups is 1. The summed E-state index contributed by atoms with van der Waals surface area (Å²) >= 11 is 0.942. The summed E-state index contributed by atoms with van der Waals surface area (Å²) in [5.74, 6) is 0.0728. The predicted octanol–water partition coefficient (Wildman–Crippen LogP) is 2.57. The zero-order chi connectivity index (χ0) is 14.6. The summed E-state index contributed by atoms with van der Waals surface area (Å²) in [6.07, 6.45) is 0.751. The lowest BCUT2D eigenvalue weighted by Crippen LogP contribution is -2.52. The molecule has 114 valence electrons. The largest absolute Gasteiger partial charge is 0.346 e. The Morgan fingerprint density at radius 2 is 2.20 bits per heavy atom. The normalized spacial score (nSPS) is 13.4. The molecule has 1 heterocycles. The van der Waals surface area contributed by atoms with Crippen molar-refractivity contribution in [3.05, 3.63) is 27.1 Å². The molecule has 0 spiro atoms. The molecule has 0 aliphatic rings. The summed E-state index contributed by atoms with van der Waals surface area (Å²) in [5, 5.41) is 14.9. The molecule has 0 fully saturated rings. The van der Waals surface area contributed by atoms with Gasteiger partial charge in [-0.25, -0.2) is 0 Å². The first-order valence-corrected chi connectivity index (χ1v) is 6.91. The van der Waals surface area contributed by atoms with Gasteiger partial charge in [0.15, 0.2) is 0 Å². The number of nitro groups is 1. The molecule has 0 saturated heterocycles. The van der Waals surface area contributed by atoms with Crippen LogP contribution in [0.25, 0.3) is 0 Å². The van der Waals surface area contributed by atoms with Gasteiger partial charge in [0.2, 0.25) is 0 Å². The van der Waals surface area contributed by atoms with Crippen LogP contribution >= 0.6 is 23.7 Å². The van der Waals surface area contributed by atoms with Gasteiger partial charge in [0, 0.05) is 23.5 Å². The highest BCUT2D eigenvalue weighted by molar-refractivity contribution is 7.13. The molecule has 0 radical (unpaired) electrons. The van der Waals surface area contributed by atoms with Crippen LogP contribution in [0.15, 0.2) is 11.4 Å². The summed E-state index contributed by atoms with van der Waals surface area (Å²) in [6, 6.07) is 1.28. The van der Waals surface area contributed by atoms with Crippen LogP contribution < -0.4 is 11.1 Å². The molecular weight excluding hydrogens is 302 g/mol. The molecule has 1 amide bonds. The van der Waals surface area contributed by atoms with Crippen molar-refractivity contribution in [1.29, 1.82) is 0 Å². The fraction of sp³-hybridized carbons (Fsp3) is 0.583. The maximum absolute atomic E-state index is 12.1. The van der Waals surface area contributed by atoms with E-state index in [1.54, 1.807) is 0 Å². The Balaban J connectivity index is 0.00000361. The highest BCUT2D eigenvalue weighted by Crippen LogP contribution is 2.23. The van der Waals surface area contributed by atoms with E-state index in [4.69, 9.17) is 5.73 Å². The highest BCUT2D eigenvalue weighted by atomic mass is 35.5. The third-order valence-corrected chi connectivity index (χ3v) is 3.63. The number of nitrogens with two attached hydrogens (primary N) is 1. The molecule has 1 unspecified atom stereocenters. The predicted molar refractivity (Wildman–Crippen MR) is 82.6 cm³/mol. The number of amides is 1. The van der Waals surface area contributed by atoms with E-state index in [0.717, 1.165) is 17.8 Å². The number of hydrogen-bond donors (Lipinski definition) is 2. The molecular formula is C12H20ClN3O3S. The second kappa shape index (κ2) is 7.56. The number of nitrogens with one attached hydrogen (secondary N) is 1. The van der Waals surface area contributed by atoms with Crippen molar-refractivity contribution < 1.29 is 9.72 Å². The first-order chi connectivity index (χ1) is 8.77. The third kappa shape index (κ3) is 5.07. The average molecular weight is 322 g/mol. The molecule has 1 atom stereocenters. The summed E-state index contributed by atoms with van der Waals surface area (Å²) < 4.78 is 0. The van der Waals surface area contributed by atoms with E-state index < -0.39 is 10.5 Å². The first kappa shape index (κ1) is 18.8. The molecule has 20 heavy (non-hydrogen) atoms. The molecule has 0 saturated carbocycles. The Morgan fingerprint density at radius 3 is 2.60 bits per heavy atom. The molecule has 0 aliphatic heterocycles. The Morgan fingerprint density at radius 1 is 1.60 bits per heavy atom. The van der Waals surface area contributed by atoms with Gasteiger partial charge in [0.25, 0.3) is 5.91 Å². The van der Waals surface area contributed by atoms with Crippen LogP contribution in [-0.4, -0.2) is 22.9 Å².